The van der Waals surface area contributed by atoms with E-state index < -0.39 is 5.82 Å². The highest BCUT2D eigenvalue weighted by Gasteiger charge is 2.24. The van der Waals surface area contributed by atoms with Gasteiger partial charge in [0.25, 0.3) is 0 Å². The van der Waals surface area contributed by atoms with E-state index in [1.165, 1.54) is 17.7 Å². The molecule has 1 fully saturated rings. The standard InChI is InChI=1S/C21H26ClFN4S/c1-2-26-10-12-27(13-11-26)20(16-6-4-3-5-7-16)15-24-21(28)25-17-8-9-19(23)18(22)14-17/h3-9,14,20H,2,10-13,15H2,1H3,(H2,24,25,28). The minimum atomic E-state index is -0.443. The molecule has 1 unspecified atom stereocenters. The summed E-state index contributed by atoms with van der Waals surface area (Å²) in [6.45, 7) is 8.21. The van der Waals surface area contributed by atoms with E-state index in [2.05, 4.69) is 51.6 Å². The Morgan fingerprint density at radius 1 is 1.14 bits per heavy atom. The Morgan fingerprint density at radius 3 is 2.50 bits per heavy atom. The van der Waals surface area contributed by atoms with E-state index >= 15 is 0 Å². The fraction of sp³-hybridized carbons (Fsp3) is 0.381. The van der Waals surface area contributed by atoms with Crippen LogP contribution in [-0.2, 0) is 0 Å². The molecule has 0 aliphatic carbocycles. The van der Waals surface area contributed by atoms with E-state index in [0.717, 1.165) is 32.7 Å². The fourth-order valence-corrected chi connectivity index (χ4v) is 3.84. The van der Waals surface area contributed by atoms with Crippen molar-refractivity contribution in [3.8, 4) is 0 Å². The number of hydrogen-bond donors (Lipinski definition) is 2. The van der Waals surface area contributed by atoms with Crippen molar-refractivity contribution in [2.75, 3.05) is 44.6 Å². The predicted molar refractivity (Wildman–Crippen MR) is 119 cm³/mol. The second kappa shape index (κ2) is 10.2. The first-order valence-corrected chi connectivity index (χ1v) is 10.4. The lowest BCUT2D eigenvalue weighted by atomic mass is 10.0. The van der Waals surface area contributed by atoms with Crippen LogP contribution in [0.3, 0.4) is 0 Å². The summed E-state index contributed by atoms with van der Waals surface area (Å²) in [5, 5.41) is 6.96. The number of likely N-dealkylation sites (N-methyl/N-ethyl adjacent to an activating group) is 1. The summed E-state index contributed by atoms with van der Waals surface area (Å²) >= 11 is 11.3. The van der Waals surface area contributed by atoms with Gasteiger partial charge in [0.05, 0.1) is 11.1 Å². The summed E-state index contributed by atoms with van der Waals surface area (Å²) in [6.07, 6.45) is 0. The summed E-state index contributed by atoms with van der Waals surface area (Å²) in [4.78, 5) is 4.97. The molecule has 28 heavy (non-hydrogen) atoms. The number of rotatable bonds is 6. The van der Waals surface area contributed by atoms with Gasteiger partial charge in [-0.05, 0) is 42.5 Å². The molecule has 2 aromatic rings. The van der Waals surface area contributed by atoms with Gasteiger partial charge >= 0.3 is 0 Å². The van der Waals surface area contributed by atoms with Gasteiger partial charge in [-0.3, -0.25) is 4.90 Å². The zero-order chi connectivity index (χ0) is 19.9. The molecule has 0 amide bonds. The van der Waals surface area contributed by atoms with Crippen molar-refractivity contribution >= 4 is 34.6 Å². The number of hydrogen-bond acceptors (Lipinski definition) is 3. The molecule has 0 radical (unpaired) electrons. The first kappa shape index (κ1) is 21.0. The first-order valence-electron chi connectivity index (χ1n) is 9.58. The lowest BCUT2D eigenvalue weighted by Crippen LogP contribution is -2.49. The van der Waals surface area contributed by atoms with E-state index in [4.69, 9.17) is 23.8 Å². The van der Waals surface area contributed by atoms with Crippen LogP contribution in [0.2, 0.25) is 5.02 Å². The number of nitrogens with one attached hydrogen (secondary N) is 2. The van der Waals surface area contributed by atoms with Crippen LogP contribution < -0.4 is 10.6 Å². The molecular formula is C21H26ClFN4S. The Labute approximate surface area is 176 Å². The maximum atomic E-state index is 13.3. The highest BCUT2D eigenvalue weighted by atomic mass is 35.5. The summed E-state index contributed by atoms with van der Waals surface area (Å²) in [7, 11) is 0. The molecular weight excluding hydrogens is 395 g/mol. The molecule has 150 valence electrons. The van der Waals surface area contributed by atoms with Crippen molar-refractivity contribution in [2.45, 2.75) is 13.0 Å². The zero-order valence-corrected chi connectivity index (χ0v) is 17.6. The average Bonchev–Trinajstić information content (AvgIpc) is 2.72. The third kappa shape index (κ3) is 5.64. The van der Waals surface area contributed by atoms with Gasteiger partial charge < -0.3 is 15.5 Å². The largest absolute Gasteiger partial charge is 0.361 e. The fourth-order valence-electron chi connectivity index (χ4n) is 3.46. The van der Waals surface area contributed by atoms with Gasteiger partial charge in [-0.25, -0.2) is 4.39 Å². The molecule has 1 atom stereocenters. The Bertz CT molecular complexity index is 781. The van der Waals surface area contributed by atoms with Crippen molar-refractivity contribution in [3.05, 3.63) is 64.9 Å². The number of halogens is 2. The number of nitrogens with zero attached hydrogens (tertiary/aromatic N) is 2. The molecule has 7 heteroatoms. The minimum Gasteiger partial charge on any atom is -0.361 e. The average molecular weight is 421 g/mol. The molecule has 1 heterocycles. The van der Waals surface area contributed by atoms with Gasteiger partial charge in [-0.2, -0.15) is 0 Å². The molecule has 4 nitrogen and oxygen atoms in total. The van der Waals surface area contributed by atoms with E-state index in [1.54, 1.807) is 6.07 Å². The van der Waals surface area contributed by atoms with Gasteiger partial charge in [0.1, 0.15) is 5.82 Å². The van der Waals surface area contributed by atoms with Gasteiger partial charge in [0.2, 0.25) is 0 Å². The minimum absolute atomic E-state index is 0.0729. The molecule has 0 saturated carbocycles. The highest BCUT2D eigenvalue weighted by Crippen LogP contribution is 2.22. The molecule has 2 N–H and O–H groups in total. The smallest absolute Gasteiger partial charge is 0.170 e. The monoisotopic (exact) mass is 420 g/mol. The van der Waals surface area contributed by atoms with Crippen molar-refractivity contribution in [2.24, 2.45) is 0 Å². The van der Waals surface area contributed by atoms with Gasteiger partial charge in [-0.1, -0.05) is 48.9 Å². The Balaban J connectivity index is 1.62. The Morgan fingerprint density at radius 2 is 1.86 bits per heavy atom. The van der Waals surface area contributed by atoms with Crippen molar-refractivity contribution in [3.63, 3.8) is 0 Å². The van der Waals surface area contributed by atoms with Crippen LogP contribution in [0.5, 0.6) is 0 Å². The molecule has 0 bridgehead atoms. The van der Waals surface area contributed by atoms with Crippen molar-refractivity contribution in [1.29, 1.82) is 0 Å². The normalized spacial score (nSPS) is 16.5. The topological polar surface area (TPSA) is 30.5 Å². The maximum Gasteiger partial charge on any atom is 0.170 e. The maximum absolute atomic E-state index is 13.3. The first-order chi connectivity index (χ1) is 13.6. The van der Waals surface area contributed by atoms with Crippen LogP contribution in [0.1, 0.15) is 18.5 Å². The Hall–Kier alpha value is -1.73. The molecule has 2 aromatic carbocycles. The van der Waals surface area contributed by atoms with Crippen LogP contribution in [-0.4, -0.2) is 54.2 Å². The number of piperazine rings is 1. The van der Waals surface area contributed by atoms with E-state index in [-0.39, 0.29) is 11.1 Å². The summed E-state index contributed by atoms with van der Waals surface area (Å²) in [5.41, 5.74) is 1.93. The molecule has 1 aliphatic heterocycles. The van der Waals surface area contributed by atoms with Crippen LogP contribution in [0.4, 0.5) is 10.1 Å². The third-order valence-corrected chi connectivity index (χ3v) is 5.65. The van der Waals surface area contributed by atoms with Crippen LogP contribution in [0.15, 0.2) is 48.5 Å². The lowest BCUT2D eigenvalue weighted by molar-refractivity contribution is 0.100. The summed E-state index contributed by atoms with van der Waals surface area (Å²) in [5.74, 6) is -0.443. The second-order valence-corrected chi connectivity index (χ2v) is 7.68. The van der Waals surface area contributed by atoms with E-state index in [1.807, 2.05) is 6.07 Å². The number of benzene rings is 2. The number of thiocarbonyl (C=S) groups is 1. The van der Waals surface area contributed by atoms with Crippen molar-refractivity contribution in [1.82, 2.24) is 15.1 Å². The summed E-state index contributed by atoms with van der Waals surface area (Å²) in [6, 6.07) is 15.2. The number of anilines is 1. The SMILES string of the molecule is CCN1CCN(C(CNC(=S)Nc2ccc(F)c(Cl)c2)c2ccccc2)CC1. The molecule has 0 spiro atoms. The van der Waals surface area contributed by atoms with E-state index in [0.29, 0.717) is 17.3 Å². The molecule has 3 rings (SSSR count). The zero-order valence-electron chi connectivity index (χ0n) is 16.0. The van der Waals surface area contributed by atoms with Gasteiger partial charge in [-0.15, -0.1) is 0 Å². The van der Waals surface area contributed by atoms with Gasteiger partial charge in [0, 0.05) is 38.4 Å². The van der Waals surface area contributed by atoms with Crippen LogP contribution in [0, 0.1) is 5.82 Å². The van der Waals surface area contributed by atoms with Crippen molar-refractivity contribution < 1.29 is 4.39 Å². The van der Waals surface area contributed by atoms with E-state index in [9.17, 15) is 4.39 Å². The molecule has 0 aromatic heterocycles. The molecule has 1 aliphatic rings. The summed E-state index contributed by atoms with van der Waals surface area (Å²) < 4.78 is 13.3. The Kier molecular flexibility index (Phi) is 7.62. The highest BCUT2D eigenvalue weighted by molar-refractivity contribution is 7.80. The van der Waals surface area contributed by atoms with Gasteiger partial charge in [0.15, 0.2) is 5.11 Å². The second-order valence-electron chi connectivity index (χ2n) is 6.86. The lowest BCUT2D eigenvalue weighted by Gasteiger charge is -2.39. The third-order valence-electron chi connectivity index (χ3n) is 5.11. The molecule has 1 saturated heterocycles. The quantitative estimate of drug-likeness (QED) is 0.686. The predicted octanol–water partition coefficient (Wildman–Crippen LogP) is 4.14. The van der Waals surface area contributed by atoms with Crippen LogP contribution in [0.25, 0.3) is 0 Å². The van der Waals surface area contributed by atoms with Crippen LogP contribution >= 0.6 is 23.8 Å².